The summed E-state index contributed by atoms with van der Waals surface area (Å²) in [5.74, 6) is 3.64. The van der Waals surface area contributed by atoms with Crippen LogP contribution in [0.3, 0.4) is 0 Å². The molecule has 566 valence electrons. The molecule has 3 fully saturated rings. The molecule has 0 radical (unpaired) electrons. The topological polar surface area (TPSA) is 411 Å². The lowest BCUT2D eigenvalue weighted by molar-refractivity contribution is -0.155. The molecule has 3 saturated carbocycles. The molecule has 0 spiro atoms. The standard InChI is InChI=1S/C26H36N6O4S.C18H26ClN5O2.C14H26O3.C7H10N2O2S.C5H3ClN4.CH4/c1-17-5-6-20(11-22(17)37(27,34)35)12-23-28-14-21-15-30-32(24(21)31-23)16-19-9-7-18(8-10-19)13-29-25(33)36-26(2,3)4;1-18(2,3)26-17(25)21-8-12-4-6-13(7-5-12)11-24-15-14(10-22-24)9-20-16(19)23-15;1-14(2,3)17-13(16)9-8-11-4-6-12(10-15)7-5-11;1-5-2-3-6(8)4-7(5)12(9,10)11;6-5-7-1-3-2-8-10-4(3)9-5;/h5-6,11,14-15,18-19H,7-10,12-13,16H2,1-4H3,(H,29,33)(H2,27,34,35);9-10,12-13H,4-8,11H2,1-3H3,(H,21,25);11-12,15H,4-10H2,1-3H3;2-4H,8H2,1H3,(H2,9,10,11);1-2H,(H,7,8,9,10);1H4. The molecule has 0 saturated heterocycles. The number of aryl methyl sites for hydroxylation is 2. The van der Waals surface area contributed by atoms with Gasteiger partial charge in [-0.15, -0.1) is 0 Å². The number of fused-ring (bicyclic) bond motifs is 3. The minimum absolute atomic E-state index is 0. The van der Waals surface area contributed by atoms with Crippen molar-refractivity contribution in [1.29, 1.82) is 0 Å². The van der Waals surface area contributed by atoms with Crippen molar-refractivity contribution in [2.75, 3.05) is 25.4 Å². The van der Waals surface area contributed by atoms with Crippen molar-refractivity contribution < 1.29 is 50.5 Å². The third-order valence-corrected chi connectivity index (χ3v) is 19.9. The van der Waals surface area contributed by atoms with E-state index in [0.717, 1.165) is 130 Å². The van der Waals surface area contributed by atoms with Gasteiger partial charge in [0, 0.05) is 69.9 Å². The average Bonchev–Trinajstić information content (AvgIpc) is 1.74. The number of aliphatic hydroxyl groups is 1. The first-order valence-electron chi connectivity index (χ1n) is 34.5. The van der Waals surface area contributed by atoms with Gasteiger partial charge in [0.1, 0.15) is 22.6 Å². The normalized spacial score (nSPS) is 18.6. The number of hydrogen-bond acceptors (Lipinski definition) is 21. The van der Waals surface area contributed by atoms with Gasteiger partial charge in [0.05, 0.1) is 44.5 Å². The lowest BCUT2D eigenvalue weighted by Gasteiger charge is -2.29. The number of carbonyl (C=O) groups is 3. The minimum Gasteiger partial charge on any atom is -0.460 e. The first-order chi connectivity index (χ1) is 47.8. The van der Waals surface area contributed by atoms with Gasteiger partial charge in [-0.05, 0) is 240 Å². The molecule has 3 aliphatic carbocycles. The van der Waals surface area contributed by atoms with E-state index in [1.807, 2.05) is 77.7 Å². The Hall–Kier alpha value is -7.74. The highest BCUT2D eigenvalue weighted by Crippen LogP contribution is 2.34. The molecular weight excluding hydrogens is 1400 g/mol. The maximum atomic E-state index is 11.9. The third-order valence-electron chi connectivity index (χ3n) is 17.4. The van der Waals surface area contributed by atoms with Gasteiger partial charge in [-0.1, -0.05) is 38.5 Å². The number of carbonyl (C=O) groups excluding carboxylic acids is 3. The van der Waals surface area contributed by atoms with E-state index in [-0.39, 0.29) is 51.5 Å². The first kappa shape index (κ1) is 84.2. The number of hydrogen-bond donors (Lipinski definition) is 7. The van der Waals surface area contributed by atoms with Gasteiger partial charge < -0.3 is 35.7 Å². The van der Waals surface area contributed by atoms with Crippen LogP contribution in [0.15, 0.2) is 83.4 Å². The van der Waals surface area contributed by atoms with Gasteiger partial charge in [-0.25, -0.2) is 66.0 Å². The Kier molecular flexibility index (Phi) is 30.9. The number of halogens is 2. The van der Waals surface area contributed by atoms with Crippen LogP contribution in [0.1, 0.15) is 182 Å². The van der Waals surface area contributed by atoms with Crippen LogP contribution < -0.4 is 26.6 Å². The minimum atomic E-state index is -3.80. The number of ether oxygens (including phenoxy) is 3. The zero-order valence-corrected chi connectivity index (χ0v) is 63.4. The Morgan fingerprint density at radius 2 is 1.01 bits per heavy atom. The lowest BCUT2D eigenvalue weighted by Crippen LogP contribution is -2.36. The number of nitrogens with one attached hydrogen (secondary N) is 3. The fourth-order valence-electron chi connectivity index (χ4n) is 12.2. The molecule has 28 nitrogen and oxygen atoms in total. The summed E-state index contributed by atoms with van der Waals surface area (Å²) >= 11 is 11.4. The molecule has 3 aliphatic rings. The molecule has 0 unspecified atom stereocenters. The highest BCUT2D eigenvalue weighted by atomic mass is 35.5. The summed E-state index contributed by atoms with van der Waals surface area (Å²) in [5, 5.41) is 43.7. The van der Waals surface area contributed by atoms with E-state index in [4.69, 9.17) is 63.5 Å². The summed E-state index contributed by atoms with van der Waals surface area (Å²) in [6, 6.07) is 9.80. The Labute approximate surface area is 615 Å². The number of nitrogens with two attached hydrogens (primary N) is 3. The van der Waals surface area contributed by atoms with Gasteiger partial charge in [0.15, 0.2) is 16.9 Å². The highest BCUT2D eigenvalue weighted by Gasteiger charge is 2.28. The predicted octanol–water partition coefficient (Wildman–Crippen LogP) is 12.3. The van der Waals surface area contributed by atoms with Gasteiger partial charge in [-0.2, -0.15) is 25.3 Å². The molecule has 6 aromatic heterocycles. The number of nitrogens with zero attached hydrogens (tertiary/aromatic N) is 11. The fraction of sp³-hybridized carbons (Fsp3) is 0.577. The molecule has 2 amide bonds. The third kappa shape index (κ3) is 28.7. The van der Waals surface area contributed by atoms with Crippen molar-refractivity contribution in [2.45, 2.75) is 220 Å². The van der Waals surface area contributed by atoms with Crippen LogP contribution in [-0.2, 0) is 58.6 Å². The second-order valence-electron chi connectivity index (χ2n) is 29.6. The van der Waals surface area contributed by atoms with Crippen LogP contribution in [-0.4, -0.2) is 136 Å². The second kappa shape index (κ2) is 37.8. The number of amides is 2. The smallest absolute Gasteiger partial charge is 0.407 e. The van der Waals surface area contributed by atoms with E-state index in [9.17, 15) is 31.2 Å². The number of nitrogen functional groups attached to an aromatic ring is 1. The zero-order chi connectivity index (χ0) is 74.7. The van der Waals surface area contributed by atoms with Crippen molar-refractivity contribution in [2.24, 2.45) is 45.8 Å². The average molecular weight is 1510 g/mol. The fourth-order valence-corrected chi connectivity index (χ4v) is 14.1. The summed E-state index contributed by atoms with van der Waals surface area (Å²) in [6.45, 7) is 23.5. The summed E-state index contributed by atoms with van der Waals surface area (Å²) in [5.41, 5.74) is 8.70. The van der Waals surface area contributed by atoms with E-state index in [1.54, 1.807) is 75.3 Å². The number of rotatable bonds is 16. The predicted molar refractivity (Wildman–Crippen MR) is 398 cm³/mol. The van der Waals surface area contributed by atoms with Crippen molar-refractivity contribution >= 4 is 100 Å². The van der Waals surface area contributed by atoms with Crippen LogP contribution in [0.25, 0.3) is 33.1 Å². The van der Waals surface area contributed by atoms with Crippen molar-refractivity contribution in [3.8, 4) is 0 Å². The maximum absolute atomic E-state index is 11.9. The number of sulfonamides is 2. The summed E-state index contributed by atoms with van der Waals surface area (Å²) < 4.78 is 65.4. The Morgan fingerprint density at radius 3 is 1.50 bits per heavy atom. The molecule has 0 aliphatic heterocycles. The maximum Gasteiger partial charge on any atom is 0.407 e. The molecule has 0 atom stereocenters. The molecular formula is C71H105Cl2N17O11S2. The number of aliphatic hydroxyl groups excluding tert-OH is 1. The molecule has 11 rings (SSSR count). The van der Waals surface area contributed by atoms with Crippen molar-refractivity contribution in [1.82, 2.24) is 70.3 Å². The Balaban J connectivity index is 0.000000219. The zero-order valence-electron chi connectivity index (χ0n) is 60.3. The number of benzene rings is 2. The van der Waals surface area contributed by atoms with E-state index >= 15 is 0 Å². The molecule has 2 aromatic carbocycles. The van der Waals surface area contributed by atoms with Gasteiger partial charge in [-0.3, -0.25) is 9.89 Å². The number of anilines is 1. The van der Waals surface area contributed by atoms with Crippen LogP contribution >= 0.6 is 23.2 Å². The summed E-state index contributed by atoms with van der Waals surface area (Å²) in [4.78, 5) is 60.6. The van der Waals surface area contributed by atoms with Crippen LogP contribution in [0, 0.1) is 49.4 Å². The Bertz CT molecular complexity index is 4300. The van der Waals surface area contributed by atoms with Gasteiger partial charge >= 0.3 is 18.2 Å². The summed E-state index contributed by atoms with van der Waals surface area (Å²) in [6.07, 6.45) is 24.6. The second-order valence-corrected chi connectivity index (χ2v) is 33.3. The largest absolute Gasteiger partial charge is 0.460 e. The molecule has 0 bridgehead atoms. The molecule has 10 N–H and O–H groups in total. The van der Waals surface area contributed by atoms with E-state index in [2.05, 4.69) is 55.9 Å². The molecule has 6 heterocycles. The monoisotopic (exact) mass is 1510 g/mol. The molecule has 8 aromatic rings. The number of aromatic amines is 1. The van der Waals surface area contributed by atoms with Crippen LogP contribution in [0.2, 0.25) is 10.6 Å². The van der Waals surface area contributed by atoms with Crippen LogP contribution in [0.4, 0.5) is 15.3 Å². The quantitative estimate of drug-likeness (QED) is 0.0204. The van der Waals surface area contributed by atoms with Gasteiger partial charge in [0.2, 0.25) is 30.6 Å². The highest BCUT2D eigenvalue weighted by molar-refractivity contribution is 7.89. The lowest BCUT2D eigenvalue weighted by atomic mass is 9.80. The van der Waals surface area contributed by atoms with E-state index < -0.39 is 31.2 Å². The molecule has 32 heteroatoms. The Morgan fingerprint density at radius 1 is 0.573 bits per heavy atom. The van der Waals surface area contributed by atoms with E-state index in [1.165, 1.54) is 6.07 Å². The van der Waals surface area contributed by atoms with E-state index in [0.29, 0.717) is 96.3 Å². The first-order valence-corrected chi connectivity index (χ1v) is 38.3. The van der Waals surface area contributed by atoms with Gasteiger partial charge in [0.25, 0.3) is 0 Å². The number of primary sulfonamides is 2. The SMILES string of the molecule is C.CC(C)(C)OC(=O)CCC1CCC(CO)CC1.CC(C)(C)OC(=O)NCC1CCC(Cn2ncc3cnc(Cl)nc32)CC1.Cc1ccc(Cc2ncc3cnn(CC4CCC(CNC(=O)OC(C)(C)C)CC4)c3n2)cc1S(N)(=O)=O.Cc1ccc(N)cc1S(N)(=O)=O.Clc1ncc2cn[nH]c2n1. The van der Waals surface area contributed by atoms with Crippen LogP contribution in [0.5, 0.6) is 0 Å². The van der Waals surface area contributed by atoms with Crippen molar-refractivity contribution in [3.63, 3.8) is 0 Å². The number of H-pyrrole nitrogens is 1. The number of esters is 1. The summed E-state index contributed by atoms with van der Waals surface area (Å²) in [7, 11) is -7.43. The number of alkyl carbamates (subject to hydrolysis) is 2. The molecule has 103 heavy (non-hydrogen) atoms. The number of aromatic nitrogens is 12. The van der Waals surface area contributed by atoms with Crippen molar-refractivity contribution in [3.05, 3.63) is 107 Å².